The SMILES string of the molecule is CC(C)(CC(=O)NN)c1cccc(Br)c1. The summed E-state index contributed by atoms with van der Waals surface area (Å²) >= 11 is 3.41. The van der Waals surface area contributed by atoms with E-state index in [-0.39, 0.29) is 11.3 Å². The van der Waals surface area contributed by atoms with Crippen molar-refractivity contribution in [3.05, 3.63) is 34.3 Å². The van der Waals surface area contributed by atoms with E-state index in [9.17, 15) is 4.79 Å². The number of nitrogens with one attached hydrogen (secondary N) is 1. The van der Waals surface area contributed by atoms with Crippen molar-refractivity contribution in [2.45, 2.75) is 25.7 Å². The fourth-order valence-corrected chi connectivity index (χ4v) is 1.86. The molecule has 1 rings (SSSR count). The number of benzene rings is 1. The van der Waals surface area contributed by atoms with Crippen LogP contribution < -0.4 is 11.3 Å². The topological polar surface area (TPSA) is 55.1 Å². The molecule has 4 heteroatoms. The molecular formula is C11H15BrN2O. The van der Waals surface area contributed by atoms with Crippen molar-refractivity contribution in [3.63, 3.8) is 0 Å². The predicted octanol–water partition coefficient (Wildman–Crippen LogP) is 2.11. The van der Waals surface area contributed by atoms with E-state index in [0.29, 0.717) is 6.42 Å². The Balaban J connectivity index is 2.90. The minimum atomic E-state index is -0.215. The van der Waals surface area contributed by atoms with Gasteiger partial charge in [-0.3, -0.25) is 10.2 Å². The molecule has 0 aliphatic heterocycles. The molecule has 0 heterocycles. The summed E-state index contributed by atoms with van der Waals surface area (Å²) in [6, 6.07) is 7.95. The zero-order valence-electron chi connectivity index (χ0n) is 8.88. The minimum absolute atomic E-state index is 0.153. The van der Waals surface area contributed by atoms with Gasteiger partial charge in [-0.15, -0.1) is 0 Å². The Morgan fingerprint density at radius 2 is 2.20 bits per heavy atom. The van der Waals surface area contributed by atoms with E-state index in [4.69, 9.17) is 5.84 Å². The maximum Gasteiger partial charge on any atom is 0.234 e. The summed E-state index contributed by atoms with van der Waals surface area (Å²) in [5.41, 5.74) is 3.05. The molecule has 3 nitrogen and oxygen atoms in total. The van der Waals surface area contributed by atoms with E-state index in [2.05, 4.69) is 21.4 Å². The molecule has 0 aliphatic carbocycles. The van der Waals surface area contributed by atoms with Crippen LogP contribution >= 0.6 is 15.9 Å². The van der Waals surface area contributed by atoms with Crippen molar-refractivity contribution in [2.24, 2.45) is 5.84 Å². The molecule has 0 fully saturated rings. The van der Waals surface area contributed by atoms with E-state index in [1.165, 1.54) is 0 Å². The van der Waals surface area contributed by atoms with Crippen LogP contribution in [0.3, 0.4) is 0 Å². The minimum Gasteiger partial charge on any atom is -0.294 e. The molecular weight excluding hydrogens is 256 g/mol. The first-order valence-corrected chi connectivity index (χ1v) is 5.50. The van der Waals surface area contributed by atoms with Crippen LogP contribution in [0.1, 0.15) is 25.8 Å². The highest BCUT2D eigenvalue weighted by Crippen LogP contribution is 2.28. The lowest BCUT2D eigenvalue weighted by Crippen LogP contribution is -2.35. The number of hydrogen-bond donors (Lipinski definition) is 2. The van der Waals surface area contributed by atoms with E-state index < -0.39 is 0 Å². The van der Waals surface area contributed by atoms with Crippen LogP contribution in [0, 0.1) is 0 Å². The molecule has 0 saturated carbocycles. The van der Waals surface area contributed by atoms with Crippen LogP contribution in [0.2, 0.25) is 0 Å². The summed E-state index contributed by atoms with van der Waals surface area (Å²) in [4.78, 5) is 11.2. The van der Waals surface area contributed by atoms with Gasteiger partial charge in [-0.1, -0.05) is 41.9 Å². The third-order valence-electron chi connectivity index (χ3n) is 2.37. The van der Waals surface area contributed by atoms with Crippen LogP contribution in [0.25, 0.3) is 0 Å². The van der Waals surface area contributed by atoms with Crippen LogP contribution in [0.5, 0.6) is 0 Å². The lowest BCUT2D eigenvalue weighted by molar-refractivity contribution is -0.122. The summed E-state index contributed by atoms with van der Waals surface area (Å²) in [6.45, 7) is 4.04. The van der Waals surface area contributed by atoms with Gasteiger partial charge in [0.05, 0.1) is 0 Å². The zero-order valence-corrected chi connectivity index (χ0v) is 10.5. The van der Waals surface area contributed by atoms with Gasteiger partial charge in [0.1, 0.15) is 0 Å². The average molecular weight is 271 g/mol. The molecule has 0 atom stereocenters. The molecule has 1 aromatic carbocycles. The maximum atomic E-state index is 11.2. The summed E-state index contributed by atoms with van der Waals surface area (Å²) < 4.78 is 1.02. The van der Waals surface area contributed by atoms with E-state index in [1.54, 1.807) is 0 Å². The van der Waals surface area contributed by atoms with E-state index in [1.807, 2.05) is 38.1 Å². The standard InChI is InChI=1S/C11H15BrN2O/c1-11(2,7-10(15)14-13)8-4-3-5-9(12)6-8/h3-6H,7,13H2,1-2H3,(H,14,15). The number of hydrogen-bond acceptors (Lipinski definition) is 2. The van der Waals surface area contributed by atoms with Crippen LogP contribution in [0.15, 0.2) is 28.7 Å². The van der Waals surface area contributed by atoms with Crippen molar-refractivity contribution >= 4 is 21.8 Å². The second kappa shape index (κ2) is 4.77. The summed E-state index contributed by atoms with van der Waals surface area (Å²) in [7, 11) is 0. The number of halogens is 1. The van der Waals surface area contributed by atoms with Crippen LogP contribution in [0.4, 0.5) is 0 Å². The molecule has 1 amide bonds. The lowest BCUT2D eigenvalue weighted by Gasteiger charge is -2.24. The molecule has 0 spiro atoms. The third kappa shape index (κ3) is 3.32. The second-order valence-corrected chi connectivity index (χ2v) is 5.05. The highest BCUT2D eigenvalue weighted by atomic mass is 79.9. The number of rotatable bonds is 3. The van der Waals surface area contributed by atoms with Gasteiger partial charge < -0.3 is 0 Å². The van der Waals surface area contributed by atoms with Gasteiger partial charge in [-0.2, -0.15) is 0 Å². The number of hydrazine groups is 1. The van der Waals surface area contributed by atoms with Crippen molar-refractivity contribution in [1.29, 1.82) is 0 Å². The van der Waals surface area contributed by atoms with Gasteiger partial charge >= 0.3 is 0 Å². The second-order valence-electron chi connectivity index (χ2n) is 4.14. The highest BCUT2D eigenvalue weighted by Gasteiger charge is 2.23. The Kier molecular flexibility index (Phi) is 3.88. The smallest absolute Gasteiger partial charge is 0.234 e. The number of carbonyl (C=O) groups excluding carboxylic acids is 1. The normalized spacial score (nSPS) is 11.2. The molecule has 0 aromatic heterocycles. The number of amides is 1. The molecule has 3 N–H and O–H groups in total. The van der Waals surface area contributed by atoms with Gasteiger partial charge in [0.2, 0.25) is 5.91 Å². The Hall–Kier alpha value is -0.870. The van der Waals surface area contributed by atoms with Crippen molar-refractivity contribution in [3.8, 4) is 0 Å². The lowest BCUT2D eigenvalue weighted by atomic mass is 9.81. The van der Waals surface area contributed by atoms with Gasteiger partial charge in [0.15, 0.2) is 0 Å². The molecule has 15 heavy (non-hydrogen) atoms. The Morgan fingerprint density at radius 1 is 1.53 bits per heavy atom. The first kappa shape index (κ1) is 12.2. The highest BCUT2D eigenvalue weighted by molar-refractivity contribution is 9.10. The van der Waals surface area contributed by atoms with Crippen molar-refractivity contribution < 1.29 is 4.79 Å². The van der Waals surface area contributed by atoms with Gasteiger partial charge in [0.25, 0.3) is 0 Å². The number of nitrogens with two attached hydrogens (primary N) is 1. The van der Waals surface area contributed by atoms with Gasteiger partial charge in [0, 0.05) is 10.9 Å². The van der Waals surface area contributed by atoms with Gasteiger partial charge in [-0.25, -0.2) is 5.84 Å². The summed E-state index contributed by atoms with van der Waals surface area (Å²) in [5, 5.41) is 0. The Bertz CT molecular complexity index is 363. The van der Waals surface area contributed by atoms with E-state index in [0.717, 1.165) is 10.0 Å². The monoisotopic (exact) mass is 270 g/mol. The fourth-order valence-electron chi connectivity index (χ4n) is 1.46. The zero-order chi connectivity index (χ0) is 11.5. The summed E-state index contributed by atoms with van der Waals surface area (Å²) in [6.07, 6.45) is 0.375. The van der Waals surface area contributed by atoms with Crippen LogP contribution in [-0.4, -0.2) is 5.91 Å². The maximum absolute atomic E-state index is 11.2. The van der Waals surface area contributed by atoms with Gasteiger partial charge in [-0.05, 0) is 23.1 Å². The molecule has 0 unspecified atom stereocenters. The molecule has 1 aromatic rings. The molecule has 0 saturated heterocycles. The summed E-state index contributed by atoms with van der Waals surface area (Å²) in [5.74, 6) is 4.93. The van der Waals surface area contributed by atoms with Crippen molar-refractivity contribution in [2.75, 3.05) is 0 Å². The Morgan fingerprint density at radius 3 is 2.73 bits per heavy atom. The predicted molar refractivity (Wildman–Crippen MR) is 64.1 cm³/mol. The first-order valence-electron chi connectivity index (χ1n) is 4.71. The average Bonchev–Trinajstić information content (AvgIpc) is 2.17. The largest absolute Gasteiger partial charge is 0.294 e. The molecule has 0 aliphatic rings. The van der Waals surface area contributed by atoms with Crippen molar-refractivity contribution in [1.82, 2.24) is 5.43 Å². The first-order chi connectivity index (χ1) is 6.95. The fraction of sp³-hybridized carbons (Fsp3) is 0.364. The van der Waals surface area contributed by atoms with Crippen LogP contribution in [-0.2, 0) is 10.2 Å². The molecule has 0 bridgehead atoms. The number of carbonyl (C=O) groups is 1. The quantitative estimate of drug-likeness (QED) is 0.502. The third-order valence-corrected chi connectivity index (χ3v) is 2.86. The Labute approximate surface area is 98.1 Å². The molecule has 82 valence electrons. The molecule has 0 radical (unpaired) electrons. The van der Waals surface area contributed by atoms with E-state index >= 15 is 0 Å².